The van der Waals surface area contributed by atoms with Crippen LogP contribution in [0, 0.1) is 29.0 Å². The number of amides is 3. The standard InChI is InChI=1S/C25H29ClFN5O4/c1-25(2)10-13(22(33)32-25)7-14(11-28)29-23(34)17(6-12-4-5-12)31-24(35)18-8-15-19(36-3)9-16(27)20(26)21(15)30-18/h8-9,12-14,17,30H,4-7,10H2,1-3H3,(H,29,34)(H,31,35)(H,32,33)/t13-,14+,17+/m1/s1. The molecule has 4 N–H and O–H groups in total. The van der Waals surface area contributed by atoms with E-state index in [-0.39, 0.29) is 45.8 Å². The van der Waals surface area contributed by atoms with Crippen LogP contribution >= 0.6 is 11.6 Å². The van der Waals surface area contributed by atoms with Crippen LogP contribution in [0.4, 0.5) is 4.39 Å². The summed E-state index contributed by atoms with van der Waals surface area (Å²) in [5.41, 5.74) is -0.0576. The highest BCUT2D eigenvalue weighted by Gasteiger charge is 2.39. The Morgan fingerprint density at radius 2 is 2.03 bits per heavy atom. The Hall–Kier alpha value is -3.32. The van der Waals surface area contributed by atoms with Crippen LogP contribution in [0.25, 0.3) is 10.9 Å². The van der Waals surface area contributed by atoms with Crippen molar-refractivity contribution in [2.75, 3.05) is 7.11 Å². The number of nitriles is 1. The van der Waals surface area contributed by atoms with Crippen LogP contribution in [0.3, 0.4) is 0 Å². The Kier molecular flexibility index (Phi) is 7.14. The molecule has 2 heterocycles. The molecule has 4 rings (SSSR count). The van der Waals surface area contributed by atoms with Gasteiger partial charge in [0.25, 0.3) is 5.91 Å². The molecule has 0 spiro atoms. The maximum atomic E-state index is 14.1. The van der Waals surface area contributed by atoms with E-state index in [0.717, 1.165) is 18.9 Å². The molecule has 1 aliphatic carbocycles. The summed E-state index contributed by atoms with van der Waals surface area (Å²) in [6.45, 7) is 3.82. The molecule has 0 unspecified atom stereocenters. The van der Waals surface area contributed by atoms with Crippen LogP contribution in [0.5, 0.6) is 5.75 Å². The predicted octanol–water partition coefficient (Wildman–Crippen LogP) is 3.18. The van der Waals surface area contributed by atoms with Crippen LogP contribution in [-0.4, -0.2) is 47.4 Å². The van der Waals surface area contributed by atoms with Crippen molar-refractivity contribution < 1.29 is 23.5 Å². The highest BCUT2D eigenvalue weighted by molar-refractivity contribution is 6.35. The van der Waals surface area contributed by atoms with Gasteiger partial charge in [0, 0.05) is 22.9 Å². The minimum Gasteiger partial charge on any atom is -0.496 e. The quantitative estimate of drug-likeness (QED) is 0.405. The van der Waals surface area contributed by atoms with E-state index in [4.69, 9.17) is 16.3 Å². The zero-order chi connectivity index (χ0) is 26.2. The average molecular weight is 518 g/mol. The average Bonchev–Trinajstić information content (AvgIpc) is 3.45. The van der Waals surface area contributed by atoms with Crippen molar-refractivity contribution in [2.24, 2.45) is 11.8 Å². The second kappa shape index (κ2) is 9.97. The van der Waals surface area contributed by atoms with Crippen molar-refractivity contribution in [1.29, 1.82) is 5.26 Å². The van der Waals surface area contributed by atoms with Crippen molar-refractivity contribution in [3.63, 3.8) is 0 Å². The van der Waals surface area contributed by atoms with Gasteiger partial charge in [-0.05, 0) is 45.1 Å². The van der Waals surface area contributed by atoms with Gasteiger partial charge in [0.05, 0.1) is 18.7 Å². The summed E-state index contributed by atoms with van der Waals surface area (Å²) in [7, 11) is 1.38. The second-order valence-electron chi connectivity index (χ2n) is 10.3. The number of carbonyl (C=O) groups is 3. The van der Waals surface area contributed by atoms with Gasteiger partial charge in [0.1, 0.15) is 34.4 Å². The third-order valence-corrected chi connectivity index (χ3v) is 7.07. The highest BCUT2D eigenvalue weighted by Crippen LogP contribution is 2.35. The fourth-order valence-corrected chi connectivity index (χ4v) is 4.93. The second-order valence-corrected chi connectivity index (χ2v) is 10.6. The summed E-state index contributed by atoms with van der Waals surface area (Å²) in [6.07, 6.45) is 3.09. The lowest BCUT2D eigenvalue weighted by molar-refractivity contribution is -0.125. The summed E-state index contributed by atoms with van der Waals surface area (Å²) in [6, 6.07) is 2.93. The minimum atomic E-state index is -0.879. The van der Waals surface area contributed by atoms with Crippen LogP contribution in [0.15, 0.2) is 12.1 Å². The van der Waals surface area contributed by atoms with E-state index in [1.165, 1.54) is 13.2 Å². The first-order valence-corrected chi connectivity index (χ1v) is 12.3. The summed E-state index contributed by atoms with van der Waals surface area (Å²) >= 11 is 6.06. The Bertz CT molecular complexity index is 1250. The van der Waals surface area contributed by atoms with E-state index in [1.54, 1.807) is 0 Å². The number of hydrogen-bond donors (Lipinski definition) is 4. The number of nitrogens with zero attached hydrogens (tertiary/aromatic N) is 1. The number of halogens is 2. The minimum absolute atomic E-state index is 0.0890. The van der Waals surface area contributed by atoms with Crippen LogP contribution < -0.4 is 20.7 Å². The zero-order valence-corrected chi connectivity index (χ0v) is 21.1. The highest BCUT2D eigenvalue weighted by atomic mass is 35.5. The molecule has 9 nitrogen and oxygen atoms in total. The van der Waals surface area contributed by atoms with Crippen molar-refractivity contribution in [1.82, 2.24) is 20.9 Å². The van der Waals surface area contributed by atoms with E-state index in [1.807, 2.05) is 13.8 Å². The number of H-pyrrole nitrogens is 1. The van der Waals surface area contributed by atoms with Crippen molar-refractivity contribution in [3.8, 4) is 11.8 Å². The maximum absolute atomic E-state index is 14.1. The number of carbonyl (C=O) groups excluding carboxylic acids is 3. The molecule has 1 saturated carbocycles. The first-order valence-electron chi connectivity index (χ1n) is 11.9. The molecule has 2 aromatic rings. The Balaban J connectivity index is 1.48. The number of ether oxygens (including phenoxy) is 1. The van der Waals surface area contributed by atoms with Gasteiger partial charge >= 0.3 is 0 Å². The molecule has 1 aromatic carbocycles. The van der Waals surface area contributed by atoms with Crippen LogP contribution in [0.2, 0.25) is 5.02 Å². The van der Waals surface area contributed by atoms with Crippen molar-refractivity contribution in [3.05, 3.63) is 28.7 Å². The number of aromatic amines is 1. The molecule has 0 radical (unpaired) electrons. The molecule has 36 heavy (non-hydrogen) atoms. The third kappa shape index (κ3) is 5.57. The Labute approximate surface area is 213 Å². The number of benzene rings is 1. The normalized spacial score (nSPS) is 20.3. The zero-order valence-electron chi connectivity index (χ0n) is 20.3. The molecule has 1 aliphatic heterocycles. The SMILES string of the molecule is COc1cc(F)c(Cl)c2[nH]c(C(=O)N[C@@H](CC3CC3)C(=O)N[C@H](C#N)C[C@@H]3CC(C)(C)NC3=O)cc12. The van der Waals surface area contributed by atoms with E-state index < -0.39 is 29.7 Å². The topological polar surface area (TPSA) is 136 Å². The van der Waals surface area contributed by atoms with Gasteiger partial charge in [0.2, 0.25) is 11.8 Å². The molecule has 192 valence electrons. The Morgan fingerprint density at radius 3 is 2.61 bits per heavy atom. The fourth-order valence-electron chi connectivity index (χ4n) is 4.73. The monoisotopic (exact) mass is 517 g/mol. The molecule has 3 amide bonds. The van der Waals surface area contributed by atoms with E-state index in [2.05, 4.69) is 27.0 Å². The fraction of sp³-hybridized carbons (Fsp3) is 0.520. The lowest BCUT2D eigenvalue weighted by Crippen LogP contribution is -2.50. The molecule has 1 saturated heterocycles. The Morgan fingerprint density at radius 1 is 1.31 bits per heavy atom. The van der Waals surface area contributed by atoms with Gasteiger partial charge in [-0.25, -0.2) is 4.39 Å². The number of rotatable bonds is 9. The summed E-state index contributed by atoms with van der Waals surface area (Å²) < 4.78 is 19.3. The molecule has 3 atom stereocenters. The summed E-state index contributed by atoms with van der Waals surface area (Å²) in [5.74, 6) is -1.76. The molecule has 2 aliphatic rings. The third-order valence-electron chi connectivity index (χ3n) is 6.70. The summed E-state index contributed by atoms with van der Waals surface area (Å²) in [4.78, 5) is 41.2. The molecule has 1 aromatic heterocycles. The number of aromatic nitrogens is 1. The number of nitrogens with one attached hydrogen (secondary N) is 4. The molecular weight excluding hydrogens is 489 g/mol. The van der Waals surface area contributed by atoms with E-state index in [9.17, 15) is 24.0 Å². The van der Waals surface area contributed by atoms with Gasteiger partial charge in [0.15, 0.2) is 0 Å². The predicted molar refractivity (Wildman–Crippen MR) is 131 cm³/mol. The van der Waals surface area contributed by atoms with E-state index >= 15 is 0 Å². The largest absolute Gasteiger partial charge is 0.496 e. The number of fused-ring (bicyclic) bond motifs is 1. The van der Waals surface area contributed by atoms with Crippen molar-refractivity contribution in [2.45, 2.75) is 63.6 Å². The van der Waals surface area contributed by atoms with Crippen molar-refractivity contribution >= 4 is 40.2 Å². The molecule has 2 fully saturated rings. The smallest absolute Gasteiger partial charge is 0.268 e. The molecular formula is C25H29ClFN5O4. The first kappa shape index (κ1) is 25.8. The first-order chi connectivity index (χ1) is 17.0. The lowest BCUT2D eigenvalue weighted by atomic mass is 9.92. The van der Waals surface area contributed by atoms with Gasteiger partial charge in [-0.3, -0.25) is 14.4 Å². The molecule has 11 heteroatoms. The van der Waals surface area contributed by atoms with Gasteiger partial charge in [-0.1, -0.05) is 24.4 Å². The van der Waals surface area contributed by atoms with E-state index in [0.29, 0.717) is 24.1 Å². The van der Waals surface area contributed by atoms with Gasteiger partial charge in [-0.2, -0.15) is 5.26 Å². The number of methoxy groups -OCH3 is 1. The lowest BCUT2D eigenvalue weighted by Gasteiger charge is -2.21. The molecule has 0 bridgehead atoms. The summed E-state index contributed by atoms with van der Waals surface area (Å²) in [5, 5.41) is 18.2. The van der Waals surface area contributed by atoms with Gasteiger partial charge in [-0.15, -0.1) is 0 Å². The maximum Gasteiger partial charge on any atom is 0.268 e. The number of hydrogen-bond acceptors (Lipinski definition) is 5. The van der Waals surface area contributed by atoms with Gasteiger partial charge < -0.3 is 25.7 Å². The van der Waals surface area contributed by atoms with Crippen LogP contribution in [-0.2, 0) is 9.59 Å². The van der Waals surface area contributed by atoms with Crippen LogP contribution in [0.1, 0.15) is 56.4 Å².